The summed E-state index contributed by atoms with van der Waals surface area (Å²) in [6.07, 6.45) is -4.66. The highest BCUT2D eigenvalue weighted by atomic mass is 35.5. The molecule has 0 bridgehead atoms. The van der Waals surface area contributed by atoms with E-state index in [1.54, 1.807) is 36.4 Å². The lowest BCUT2D eigenvalue weighted by molar-refractivity contribution is -0.141. The molecule has 0 atom stereocenters. The Labute approximate surface area is 209 Å². The molecule has 1 amide bonds. The summed E-state index contributed by atoms with van der Waals surface area (Å²) in [7, 11) is 0. The zero-order chi connectivity index (χ0) is 25.2. The van der Waals surface area contributed by atoms with Gasteiger partial charge in [0.15, 0.2) is 5.69 Å². The van der Waals surface area contributed by atoms with Crippen LogP contribution in [0.3, 0.4) is 0 Å². The van der Waals surface area contributed by atoms with Gasteiger partial charge in [-0.1, -0.05) is 59.6 Å². The lowest BCUT2D eigenvalue weighted by Crippen LogP contribution is -2.09. The van der Waals surface area contributed by atoms with Crippen LogP contribution in [0.4, 0.5) is 18.9 Å². The number of para-hydroxylation sites is 2. The van der Waals surface area contributed by atoms with E-state index in [4.69, 9.17) is 27.9 Å². The minimum atomic E-state index is -4.66. The Morgan fingerprint density at radius 1 is 1.00 bits per heavy atom. The Balaban J connectivity index is 1.60. The van der Waals surface area contributed by atoms with Crippen LogP contribution in [0.25, 0.3) is 16.8 Å². The van der Waals surface area contributed by atoms with Crippen LogP contribution < -0.4 is 10.1 Å². The van der Waals surface area contributed by atoms with Crippen LogP contribution in [0.15, 0.2) is 72.8 Å². The second-order valence-corrected chi connectivity index (χ2v) is 8.35. The molecule has 180 valence electrons. The van der Waals surface area contributed by atoms with Crippen molar-refractivity contribution in [1.29, 1.82) is 0 Å². The van der Waals surface area contributed by atoms with Crippen molar-refractivity contribution in [3.63, 3.8) is 0 Å². The van der Waals surface area contributed by atoms with E-state index < -0.39 is 11.9 Å². The number of nitrogens with zero attached hydrogens (tertiary/aromatic N) is 2. The van der Waals surface area contributed by atoms with Crippen molar-refractivity contribution in [1.82, 2.24) is 9.78 Å². The number of anilines is 1. The first kappa shape index (κ1) is 24.6. The highest BCUT2D eigenvalue weighted by molar-refractivity contribution is 6.37. The van der Waals surface area contributed by atoms with Gasteiger partial charge in [-0.3, -0.25) is 4.79 Å². The standard InChI is InChI=1S/C25H18Cl2F3N3O2/c1-15(34)31-22-8-3-2-5-19(22)16-9-11-18(12-10-16)35-14-17-13-23(25(28,29)30)32-33(17)24-20(26)6-4-7-21(24)27/h2-13H,14H2,1H3,(H,31,34). The second-order valence-electron chi connectivity index (χ2n) is 7.54. The van der Waals surface area contributed by atoms with Crippen molar-refractivity contribution < 1.29 is 22.7 Å². The van der Waals surface area contributed by atoms with Gasteiger partial charge < -0.3 is 10.1 Å². The molecule has 4 aromatic rings. The highest BCUT2D eigenvalue weighted by Crippen LogP contribution is 2.34. The zero-order valence-corrected chi connectivity index (χ0v) is 19.7. The van der Waals surface area contributed by atoms with Crippen molar-refractivity contribution >= 4 is 34.8 Å². The van der Waals surface area contributed by atoms with Gasteiger partial charge in [0.2, 0.25) is 5.91 Å². The Kier molecular flexibility index (Phi) is 7.05. The van der Waals surface area contributed by atoms with E-state index in [-0.39, 0.29) is 33.9 Å². The normalized spacial score (nSPS) is 11.4. The smallest absolute Gasteiger partial charge is 0.435 e. The molecule has 4 rings (SSSR count). The fourth-order valence-electron chi connectivity index (χ4n) is 3.47. The Morgan fingerprint density at radius 3 is 2.29 bits per heavy atom. The summed E-state index contributed by atoms with van der Waals surface area (Å²) in [5.74, 6) is 0.239. The van der Waals surface area contributed by atoms with Crippen LogP contribution in [0.5, 0.6) is 5.75 Å². The molecule has 3 aromatic carbocycles. The number of halogens is 5. The van der Waals surface area contributed by atoms with Gasteiger partial charge in [0, 0.05) is 18.2 Å². The number of rotatable bonds is 6. The van der Waals surface area contributed by atoms with Crippen LogP contribution in [0.2, 0.25) is 10.0 Å². The van der Waals surface area contributed by atoms with Gasteiger partial charge in [0.25, 0.3) is 0 Å². The fraction of sp³-hybridized carbons (Fsp3) is 0.120. The molecule has 0 aliphatic heterocycles. The van der Waals surface area contributed by atoms with Crippen LogP contribution in [-0.2, 0) is 17.6 Å². The number of nitrogens with one attached hydrogen (secondary N) is 1. The van der Waals surface area contributed by atoms with E-state index >= 15 is 0 Å². The first-order valence-electron chi connectivity index (χ1n) is 10.3. The van der Waals surface area contributed by atoms with E-state index in [9.17, 15) is 18.0 Å². The van der Waals surface area contributed by atoms with Gasteiger partial charge >= 0.3 is 6.18 Å². The topological polar surface area (TPSA) is 56.1 Å². The van der Waals surface area contributed by atoms with Crippen molar-refractivity contribution in [3.8, 4) is 22.6 Å². The van der Waals surface area contributed by atoms with Gasteiger partial charge in [-0.15, -0.1) is 0 Å². The minimum Gasteiger partial charge on any atom is -0.487 e. The van der Waals surface area contributed by atoms with E-state index in [1.165, 1.54) is 19.1 Å². The van der Waals surface area contributed by atoms with Gasteiger partial charge in [-0.25, -0.2) is 4.68 Å². The Morgan fingerprint density at radius 2 is 1.66 bits per heavy atom. The molecule has 1 heterocycles. The molecule has 0 aliphatic carbocycles. The monoisotopic (exact) mass is 519 g/mol. The number of ether oxygens (including phenoxy) is 1. The van der Waals surface area contributed by atoms with Crippen LogP contribution in [0.1, 0.15) is 18.3 Å². The van der Waals surface area contributed by atoms with Crippen molar-refractivity contribution in [2.45, 2.75) is 19.7 Å². The number of aromatic nitrogens is 2. The molecule has 0 saturated heterocycles. The lowest BCUT2D eigenvalue weighted by Gasteiger charge is -2.13. The van der Waals surface area contributed by atoms with E-state index in [2.05, 4.69) is 10.4 Å². The number of hydrogen-bond acceptors (Lipinski definition) is 3. The molecule has 10 heteroatoms. The maximum Gasteiger partial charge on any atom is 0.435 e. The molecule has 0 fully saturated rings. The summed E-state index contributed by atoms with van der Waals surface area (Å²) in [5, 5.41) is 6.77. The largest absolute Gasteiger partial charge is 0.487 e. The molecule has 0 unspecified atom stereocenters. The summed E-state index contributed by atoms with van der Waals surface area (Å²) in [5.41, 5.74) is 1.47. The SMILES string of the molecule is CC(=O)Nc1ccccc1-c1ccc(OCc2cc(C(F)(F)F)nn2-c2c(Cl)cccc2Cl)cc1. The third-order valence-corrected chi connectivity index (χ3v) is 5.62. The van der Waals surface area contributed by atoms with Crippen LogP contribution >= 0.6 is 23.2 Å². The average Bonchev–Trinajstić information content (AvgIpc) is 3.22. The summed E-state index contributed by atoms with van der Waals surface area (Å²) >= 11 is 12.4. The average molecular weight is 520 g/mol. The molecule has 35 heavy (non-hydrogen) atoms. The molecular formula is C25H18Cl2F3N3O2. The molecular weight excluding hydrogens is 502 g/mol. The summed E-state index contributed by atoms with van der Waals surface area (Å²) < 4.78 is 46.9. The quantitative estimate of drug-likeness (QED) is 0.288. The molecule has 1 N–H and O–H groups in total. The zero-order valence-electron chi connectivity index (χ0n) is 18.2. The molecule has 1 aromatic heterocycles. The minimum absolute atomic E-state index is 0.118. The van der Waals surface area contributed by atoms with E-state index in [1.807, 2.05) is 18.2 Å². The fourth-order valence-corrected chi connectivity index (χ4v) is 4.03. The predicted octanol–water partition coefficient (Wildman–Crippen LogP) is 7.40. The summed E-state index contributed by atoms with van der Waals surface area (Å²) in [6, 6.07) is 19.8. The van der Waals surface area contributed by atoms with Crippen LogP contribution in [-0.4, -0.2) is 15.7 Å². The van der Waals surface area contributed by atoms with Crippen molar-refractivity contribution in [2.24, 2.45) is 0 Å². The number of carbonyl (C=O) groups excluding carboxylic acids is 1. The maximum absolute atomic E-state index is 13.4. The molecule has 0 spiro atoms. The predicted molar refractivity (Wildman–Crippen MR) is 129 cm³/mol. The molecule has 0 radical (unpaired) electrons. The number of benzene rings is 3. The maximum atomic E-state index is 13.4. The molecule has 0 saturated carbocycles. The van der Waals surface area contributed by atoms with Gasteiger partial charge in [-0.2, -0.15) is 18.3 Å². The first-order chi connectivity index (χ1) is 16.6. The number of alkyl halides is 3. The highest BCUT2D eigenvalue weighted by Gasteiger charge is 2.35. The number of hydrogen-bond donors (Lipinski definition) is 1. The molecule has 5 nitrogen and oxygen atoms in total. The number of carbonyl (C=O) groups is 1. The summed E-state index contributed by atoms with van der Waals surface area (Å²) in [6.45, 7) is 1.21. The second kappa shape index (κ2) is 10.0. The summed E-state index contributed by atoms with van der Waals surface area (Å²) in [4.78, 5) is 11.5. The van der Waals surface area contributed by atoms with E-state index in [0.29, 0.717) is 11.4 Å². The van der Waals surface area contributed by atoms with Crippen molar-refractivity contribution in [3.05, 3.63) is 94.2 Å². The van der Waals surface area contributed by atoms with Gasteiger partial charge in [-0.05, 0) is 42.0 Å². The molecule has 0 aliphatic rings. The van der Waals surface area contributed by atoms with Gasteiger partial charge in [0.05, 0.1) is 15.7 Å². The lowest BCUT2D eigenvalue weighted by atomic mass is 10.0. The van der Waals surface area contributed by atoms with E-state index in [0.717, 1.165) is 21.9 Å². The van der Waals surface area contributed by atoms with Gasteiger partial charge in [0.1, 0.15) is 18.0 Å². The van der Waals surface area contributed by atoms with Crippen LogP contribution in [0, 0.1) is 0 Å². The number of amides is 1. The van der Waals surface area contributed by atoms with Crippen molar-refractivity contribution in [2.75, 3.05) is 5.32 Å². The first-order valence-corrected chi connectivity index (χ1v) is 11.1. The Bertz CT molecular complexity index is 1350. The third kappa shape index (κ3) is 5.61. The Hall–Kier alpha value is -3.49. The third-order valence-electron chi connectivity index (χ3n) is 5.01.